The summed E-state index contributed by atoms with van der Waals surface area (Å²) in [6, 6.07) is 3.38. The first-order valence-electron chi connectivity index (χ1n) is 4.09. The van der Waals surface area contributed by atoms with Crippen molar-refractivity contribution in [1.29, 1.82) is 0 Å². The summed E-state index contributed by atoms with van der Waals surface area (Å²) >= 11 is 0. The van der Waals surface area contributed by atoms with E-state index in [9.17, 15) is 4.79 Å². The van der Waals surface area contributed by atoms with Crippen LogP contribution in [0, 0.1) is 0 Å². The molecule has 0 bridgehead atoms. The third-order valence-electron chi connectivity index (χ3n) is 1.52. The smallest absolute Gasteiger partial charge is 0.256 e. The maximum atomic E-state index is 11.3. The van der Waals surface area contributed by atoms with Crippen molar-refractivity contribution in [2.75, 3.05) is 13.7 Å². The molecular weight excluding hydrogens is 168 g/mol. The average molecular weight is 180 g/mol. The van der Waals surface area contributed by atoms with Crippen molar-refractivity contribution >= 4 is 5.91 Å². The molecule has 0 aliphatic carbocycles. The van der Waals surface area contributed by atoms with Gasteiger partial charge in [-0.15, -0.1) is 0 Å². The zero-order valence-electron chi connectivity index (χ0n) is 7.70. The summed E-state index contributed by atoms with van der Waals surface area (Å²) in [6.45, 7) is 2.35. The molecule has 4 heteroatoms. The number of carbonyl (C=O) groups is 1. The molecule has 4 nitrogen and oxygen atoms in total. The molecule has 1 heterocycles. The highest BCUT2D eigenvalue weighted by Crippen LogP contribution is 2.13. The van der Waals surface area contributed by atoms with Gasteiger partial charge in [0.1, 0.15) is 5.56 Å². The van der Waals surface area contributed by atoms with Crippen LogP contribution in [-0.4, -0.2) is 24.5 Å². The minimum Gasteiger partial charge on any atom is -0.477 e. The average Bonchev–Trinajstić information content (AvgIpc) is 2.18. The predicted molar refractivity (Wildman–Crippen MR) is 48.8 cm³/mol. The molecule has 0 spiro atoms. The van der Waals surface area contributed by atoms with Crippen LogP contribution < -0.4 is 10.1 Å². The first-order valence-corrected chi connectivity index (χ1v) is 4.09. The zero-order chi connectivity index (χ0) is 9.68. The van der Waals surface area contributed by atoms with Gasteiger partial charge in [-0.25, -0.2) is 4.98 Å². The van der Waals surface area contributed by atoms with Crippen molar-refractivity contribution in [2.45, 2.75) is 6.92 Å². The summed E-state index contributed by atoms with van der Waals surface area (Å²) in [5.74, 6) is 0.195. The van der Waals surface area contributed by atoms with Crippen LogP contribution in [0.4, 0.5) is 0 Å². The lowest BCUT2D eigenvalue weighted by molar-refractivity contribution is 0.0958. The Labute approximate surface area is 76.9 Å². The number of rotatable bonds is 3. The molecule has 1 aromatic rings. The maximum absolute atomic E-state index is 11.3. The van der Waals surface area contributed by atoms with Crippen LogP contribution >= 0.6 is 0 Å². The Kier molecular flexibility index (Phi) is 3.25. The predicted octanol–water partition coefficient (Wildman–Crippen LogP) is 0.840. The van der Waals surface area contributed by atoms with E-state index in [2.05, 4.69) is 10.3 Å². The van der Waals surface area contributed by atoms with Crippen molar-refractivity contribution in [2.24, 2.45) is 0 Å². The van der Waals surface area contributed by atoms with E-state index in [4.69, 9.17) is 4.74 Å². The Morgan fingerprint density at radius 3 is 3.08 bits per heavy atom. The number of nitrogens with zero attached hydrogens (tertiary/aromatic N) is 1. The third kappa shape index (κ3) is 2.18. The number of carbonyl (C=O) groups excluding carboxylic acids is 1. The van der Waals surface area contributed by atoms with Gasteiger partial charge < -0.3 is 10.1 Å². The van der Waals surface area contributed by atoms with Gasteiger partial charge in [0.25, 0.3) is 5.91 Å². The zero-order valence-corrected chi connectivity index (χ0v) is 7.70. The molecule has 0 aliphatic heterocycles. The second kappa shape index (κ2) is 4.45. The fraction of sp³-hybridized carbons (Fsp3) is 0.333. The Morgan fingerprint density at radius 2 is 2.46 bits per heavy atom. The number of hydrogen-bond acceptors (Lipinski definition) is 3. The van der Waals surface area contributed by atoms with Crippen LogP contribution in [0.2, 0.25) is 0 Å². The van der Waals surface area contributed by atoms with Crippen molar-refractivity contribution in [3.05, 3.63) is 23.9 Å². The molecular formula is C9H12N2O2. The summed E-state index contributed by atoms with van der Waals surface area (Å²) < 4.78 is 5.19. The van der Waals surface area contributed by atoms with Crippen LogP contribution in [0.3, 0.4) is 0 Å². The van der Waals surface area contributed by atoms with E-state index in [1.807, 2.05) is 6.92 Å². The van der Waals surface area contributed by atoms with Crippen LogP contribution in [0.1, 0.15) is 17.3 Å². The third-order valence-corrected chi connectivity index (χ3v) is 1.52. The van der Waals surface area contributed by atoms with E-state index in [1.54, 1.807) is 25.4 Å². The largest absolute Gasteiger partial charge is 0.477 e. The normalized spacial score (nSPS) is 9.38. The molecule has 0 aromatic carbocycles. The highest BCUT2D eigenvalue weighted by molar-refractivity contribution is 5.96. The van der Waals surface area contributed by atoms with Gasteiger partial charge in [0.2, 0.25) is 5.88 Å². The molecule has 1 N–H and O–H groups in total. The Morgan fingerprint density at radius 1 is 1.69 bits per heavy atom. The van der Waals surface area contributed by atoms with Gasteiger partial charge in [-0.1, -0.05) is 0 Å². The molecule has 0 radical (unpaired) electrons. The standard InChI is InChI=1S/C9H12N2O2/c1-3-13-9-7(8(12)10-2)5-4-6-11-9/h4-6H,3H2,1-2H3,(H,10,12). The molecule has 0 fully saturated rings. The first-order chi connectivity index (χ1) is 6.29. The van der Waals surface area contributed by atoms with Gasteiger partial charge in [0, 0.05) is 13.2 Å². The minimum atomic E-state index is -0.184. The van der Waals surface area contributed by atoms with E-state index in [0.717, 1.165) is 0 Å². The monoisotopic (exact) mass is 180 g/mol. The molecule has 0 saturated carbocycles. The van der Waals surface area contributed by atoms with Gasteiger partial charge >= 0.3 is 0 Å². The van der Waals surface area contributed by atoms with E-state index in [-0.39, 0.29) is 5.91 Å². The molecule has 0 aliphatic rings. The number of hydrogen-bond donors (Lipinski definition) is 1. The number of pyridine rings is 1. The van der Waals surface area contributed by atoms with E-state index in [1.165, 1.54) is 0 Å². The lowest BCUT2D eigenvalue weighted by atomic mass is 10.2. The van der Waals surface area contributed by atoms with Gasteiger partial charge in [0.15, 0.2) is 0 Å². The van der Waals surface area contributed by atoms with Gasteiger partial charge in [0.05, 0.1) is 6.61 Å². The van der Waals surface area contributed by atoms with Crippen molar-refractivity contribution in [3.8, 4) is 5.88 Å². The highest BCUT2D eigenvalue weighted by atomic mass is 16.5. The summed E-state index contributed by atoms with van der Waals surface area (Å²) in [7, 11) is 1.57. The van der Waals surface area contributed by atoms with Gasteiger partial charge in [-0.3, -0.25) is 4.79 Å². The lowest BCUT2D eigenvalue weighted by Gasteiger charge is -2.06. The maximum Gasteiger partial charge on any atom is 0.256 e. The fourth-order valence-corrected chi connectivity index (χ4v) is 0.950. The Hall–Kier alpha value is -1.58. The molecule has 1 rings (SSSR count). The molecule has 1 amide bonds. The molecule has 70 valence electrons. The Balaban J connectivity index is 2.97. The lowest BCUT2D eigenvalue weighted by Crippen LogP contribution is -2.19. The number of nitrogens with one attached hydrogen (secondary N) is 1. The van der Waals surface area contributed by atoms with Crippen LogP contribution in [0.25, 0.3) is 0 Å². The summed E-state index contributed by atoms with van der Waals surface area (Å²) in [6.07, 6.45) is 1.59. The highest BCUT2D eigenvalue weighted by Gasteiger charge is 2.10. The van der Waals surface area contributed by atoms with Crippen molar-refractivity contribution < 1.29 is 9.53 Å². The molecule has 0 unspecified atom stereocenters. The van der Waals surface area contributed by atoms with Gasteiger partial charge in [-0.2, -0.15) is 0 Å². The minimum absolute atomic E-state index is 0.184. The number of amides is 1. The SMILES string of the molecule is CCOc1ncccc1C(=O)NC. The van der Waals surface area contributed by atoms with E-state index in [0.29, 0.717) is 18.1 Å². The first kappa shape index (κ1) is 9.51. The topological polar surface area (TPSA) is 51.2 Å². The van der Waals surface area contributed by atoms with Crippen molar-refractivity contribution in [3.63, 3.8) is 0 Å². The molecule has 0 atom stereocenters. The quantitative estimate of drug-likeness (QED) is 0.749. The van der Waals surface area contributed by atoms with Crippen LogP contribution in [0.5, 0.6) is 5.88 Å². The van der Waals surface area contributed by atoms with Crippen LogP contribution in [-0.2, 0) is 0 Å². The number of aromatic nitrogens is 1. The van der Waals surface area contributed by atoms with Crippen LogP contribution in [0.15, 0.2) is 18.3 Å². The summed E-state index contributed by atoms with van der Waals surface area (Å²) in [4.78, 5) is 15.2. The molecule has 0 saturated heterocycles. The fourth-order valence-electron chi connectivity index (χ4n) is 0.950. The summed E-state index contributed by atoms with van der Waals surface area (Å²) in [5, 5.41) is 2.52. The number of ether oxygens (including phenoxy) is 1. The van der Waals surface area contributed by atoms with E-state index >= 15 is 0 Å². The van der Waals surface area contributed by atoms with E-state index < -0.39 is 0 Å². The molecule has 13 heavy (non-hydrogen) atoms. The van der Waals surface area contributed by atoms with Crippen molar-refractivity contribution in [1.82, 2.24) is 10.3 Å². The van der Waals surface area contributed by atoms with Gasteiger partial charge in [-0.05, 0) is 19.1 Å². The Bertz CT molecular complexity index is 299. The summed E-state index contributed by atoms with van der Waals surface area (Å²) in [5.41, 5.74) is 0.465. The molecule has 1 aromatic heterocycles. The second-order valence-corrected chi connectivity index (χ2v) is 2.37. The second-order valence-electron chi connectivity index (χ2n) is 2.37.